The van der Waals surface area contributed by atoms with Crippen LogP contribution in [0.15, 0.2) is 43.6 Å². The molecule has 3 aromatic rings. The molecule has 1 aliphatic heterocycles. The molecule has 2 aromatic heterocycles. The van der Waals surface area contributed by atoms with Gasteiger partial charge in [0.2, 0.25) is 5.58 Å². The fourth-order valence-electron chi connectivity index (χ4n) is 3.98. The quantitative estimate of drug-likeness (QED) is 0.531. The Morgan fingerprint density at radius 2 is 1.81 bits per heavy atom. The Hall–Kier alpha value is -2.51. The van der Waals surface area contributed by atoms with Crippen LogP contribution in [0, 0.1) is 13.8 Å². The molecule has 0 fully saturated rings. The summed E-state index contributed by atoms with van der Waals surface area (Å²) in [6, 6.07) is 4.27. The van der Waals surface area contributed by atoms with Gasteiger partial charge >= 0.3 is 5.89 Å². The maximum atomic E-state index is 13.1. The van der Waals surface area contributed by atoms with E-state index in [-0.39, 0.29) is 5.56 Å². The summed E-state index contributed by atoms with van der Waals surface area (Å²) in [5, 5.41) is 3.30. The van der Waals surface area contributed by atoms with Gasteiger partial charge in [0.1, 0.15) is 11.2 Å². The number of nitrogens with zero attached hydrogens (tertiary/aromatic N) is 3. The summed E-state index contributed by atoms with van der Waals surface area (Å²) >= 11 is 3.21. The van der Waals surface area contributed by atoms with Gasteiger partial charge in [-0.05, 0) is 76.3 Å². The third kappa shape index (κ3) is 3.99. The van der Waals surface area contributed by atoms with Gasteiger partial charge < -0.3 is 9.32 Å². The van der Waals surface area contributed by atoms with E-state index in [0.29, 0.717) is 6.54 Å². The molecule has 3 heterocycles. The number of rotatable bonds is 5. The molecular formula is C25H30N3O2S2+. The molecule has 168 valence electrons. The number of oxazole rings is 1. The highest BCUT2D eigenvalue weighted by Gasteiger charge is 2.21. The van der Waals surface area contributed by atoms with Crippen molar-refractivity contribution in [3.63, 3.8) is 0 Å². The standard InChI is InChI=1S/C25H30N3O2S2/c1-7-26-18(6)15-31-23(26)11-10-21-25(29)28(9-3)24(32-21)14-22-27(8-2)19-12-16(4)17(5)13-20(19)30-22/h10-15H,7-9H2,1-6H3/q+1. The van der Waals surface area contributed by atoms with Crippen LogP contribution >= 0.6 is 23.1 Å². The molecule has 0 saturated heterocycles. The van der Waals surface area contributed by atoms with Gasteiger partial charge in [-0.25, -0.2) is 0 Å². The molecule has 1 aliphatic rings. The lowest BCUT2D eigenvalue weighted by atomic mass is 10.1. The maximum Gasteiger partial charge on any atom is 0.377 e. The van der Waals surface area contributed by atoms with Gasteiger partial charge in [0.25, 0.3) is 11.1 Å². The molecule has 7 heteroatoms. The van der Waals surface area contributed by atoms with E-state index in [1.807, 2.05) is 23.6 Å². The summed E-state index contributed by atoms with van der Waals surface area (Å²) in [5.41, 5.74) is 5.70. The Morgan fingerprint density at radius 3 is 2.50 bits per heavy atom. The van der Waals surface area contributed by atoms with E-state index < -0.39 is 0 Å². The average Bonchev–Trinajstić information content (AvgIpc) is 3.39. The number of aromatic nitrogens is 2. The summed E-state index contributed by atoms with van der Waals surface area (Å²) in [6.07, 6.45) is 6.01. The van der Waals surface area contributed by atoms with Crippen LogP contribution < -0.4 is 19.3 Å². The van der Waals surface area contributed by atoms with E-state index in [1.54, 1.807) is 11.8 Å². The minimum Gasteiger partial charge on any atom is -0.398 e. The lowest BCUT2D eigenvalue weighted by Crippen LogP contribution is -2.35. The van der Waals surface area contributed by atoms with Crippen LogP contribution in [0.4, 0.5) is 0 Å². The van der Waals surface area contributed by atoms with Crippen molar-refractivity contribution in [2.24, 2.45) is 0 Å². The molecule has 0 aliphatic carbocycles. The van der Waals surface area contributed by atoms with Crippen molar-refractivity contribution in [3.8, 4) is 0 Å². The summed E-state index contributed by atoms with van der Waals surface area (Å²) in [6.45, 7) is 14.9. The number of aryl methyl sites for hydroxylation is 3. The monoisotopic (exact) mass is 468 g/mol. The number of thioether (sulfide) groups is 1. The zero-order valence-electron chi connectivity index (χ0n) is 19.6. The van der Waals surface area contributed by atoms with Crippen LogP contribution in [0.3, 0.4) is 0 Å². The first-order chi connectivity index (χ1) is 15.4. The summed E-state index contributed by atoms with van der Waals surface area (Å²) in [5.74, 6) is 0.768. The predicted octanol–water partition coefficient (Wildman–Crippen LogP) is 3.98. The minimum absolute atomic E-state index is 0.0437. The minimum atomic E-state index is 0.0437. The second kappa shape index (κ2) is 9.16. The van der Waals surface area contributed by atoms with Crippen LogP contribution in [0.2, 0.25) is 0 Å². The Kier molecular flexibility index (Phi) is 6.49. The number of fused-ring (bicyclic) bond motifs is 1. The number of benzene rings is 1. The van der Waals surface area contributed by atoms with Crippen molar-refractivity contribution in [2.75, 3.05) is 6.54 Å². The second-order valence-corrected chi connectivity index (χ2v) is 9.83. The molecule has 0 amide bonds. The van der Waals surface area contributed by atoms with Gasteiger partial charge in [-0.3, -0.25) is 9.36 Å². The fraction of sp³-hybridized carbons (Fsp3) is 0.360. The first kappa shape index (κ1) is 22.7. The molecule has 0 bridgehead atoms. The SMILES string of the molecule is CCN1C(C)=CSC1=CC=c1sc(=Cc2oc3cc(C)c(C)cc3[n+]2CC)n(CC)c1=O. The van der Waals surface area contributed by atoms with Crippen molar-refractivity contribution in [1.82, 2.24) is 9.47 Å². The normalized spacial score (nSPS) is 16.8. The highest BCUT2D eigenvalue weighted by Crippen LogP contribution is 2.33. The first-order valence-corrected chi connectivity index (χ1v) is 12.7. The van der Waals surface area contributed by atoms with Crippen LogP contribution in [0.5, 0.6) is 0 Å². The van der Waals surface area contributed by atoms with Crippen LogP contribution in [0.1, 0.15) is 44.7 Å². The van der Waals surface area contributed by atoms with E-state index in [1.165, 1.54) is 28.2 Å². The molecule has 1 aromatic carbocycles. The van der Waals surface area contributed by atoms with Crippen LogP contribution in [-0.4, -0.2) is 16.0 Å². The smallest absolute Gasteiger partial charge is 0.377 e. The molecule has 32 heavy (non-hydrogen) atoms. The Labute approximate surface area is 196 Å². The molecule has 0 saturated carbocycles. The van der Waals surface area contributed by atoms with Gasteiger partial charge in [0.15, 0.2) is 0 Å². The van der Waals surface area contributed by atoms with E-state index in [2.05, 4.69) is 67.7 Å². The third-order valence-corrected chi connectivity index (χ3v) is 8.03. The zero-order chi connectivity index (χ0) is 23.0. The number of hydrogen-bond acceptors (Lipinski definition) is 5. The predicted molar refractivity (Wildman–Crippen MR) is 135 cm³/mol. The first-order valence-electron chi connectivity index (χ1n) is 11.1. The summed E-state index contributed by atoms with van der Waals surface area (Å²) in [7, 11) is 0. The van der Waals surface area contributed by atoms with E-state index in [0.717, 1.165) is 44.3 Å². The Bertz CT molecular complexity index is 1420. The topological polar surface area (TPSA) is 42.3 Å². The van der Waals surface area contributed by atoms with E-state index in [4.69, 9.17) is 4.42 Å². The Balaban J connectivity index is 1.85. The zero-order valence-corrected chi connectivity index (χ0v) is 21.2. The van der Waals surface area contributed by atoms with E-state index in [9.17, 15) is 4.79 Å². The maximum absolute atomic E-state index is 13.1. The highest BCUT2D eigenvalue weighted by atomic mass is 32.2. The average molecular weight is 469 g/mol. The van der Waals surface area contributed by atoms with Crippen molar-refractivity contribution >= 4 is 46.4 Å². The fourth-order valence-corrected chi connectivity index (χ4v) is 5.98. The Morgan fingerprint density at radius 1 is 1.06 bits per heavy atom. The lowest BCUT2D eigenvalue weighted by molar-refractivity contribution is -0.674. The summed E-state index contributed by atoms with van der Waals surface area (Å²) in [4.78, 5) is 15.3. The van der Waals surface area contributed by atoms with Crippen LogP contribution in [-0.2, 0) is 13.1 Å². The summed E-state index contributed by atoms with van der Waals surface area (Å²) < 4.78 is 11.8. The number of thiazole rings is 1. The van der Waals surface area contributed by atoms with Crippen molar-refractivity contribution in [2.45, 2.75) is 54.6 Å². The van der Waals surface area contributed by atoms with Gasteiger partial charge in [-0.2, -0.15) is 4.57 Å². The van der Waals surface area contributed by atoms with Gasteiger partial charge in [-0.1, -0.05) is 11.8 Å². The number of hydrogen-bond donors (Lipinski definition) is 0. The van der Waals surface area contributed by atoms with Gasteiger partial charge in [0.05, 0.1) is 15.6 Å². The lowest BCUT2D eigenvalue weighted by Gasteiger charge is -2.18. The van der Waals surface area contributed by atoms with Crippen molar-refractivity contribution in [1.29, 1.82) is 0 Å². The van der Waals surface area contributed by atoms with Crippen molar-refractivity contribution in [3.05, 3.63) is 70.9 Å². The molecule has 0 unspecified atom stereocenters. The van der Waals surface area contributed by atoms with Crippen molar-refractivity contribution < 1.29 is 8.98 Å². The van der Waals surface area contributed by atoms with Gasteiger partial charge in [-0.15, -0.1) is 11.3 Å². The highest BCUT2D eigenvalue weighted by molar-refractivity contribution is 8.06. The van der Waals surface area contributed by atoms with Crippen LogP contribution in [0.25, 0.3) is 23.3 Å². The van der Waals surface area contributed by atoms with E-state index >= 15 is 0 Å². The molecule has 4 rings (SSSR count). The second-order valence-electron chi connectivity index (χ2n) is 7.88. The molecule has 5 nitrogen and oxygen atoms in total. The third-order valence-electron chi connectivity index (χ3n) is 5.90. The largest absolute Gasteiger partial charge is 0.398 e. The van der Waals surface area contributed by atoms with Gasteiger partial charge in [0, 0.05) is 24.9 Å². The molecule has 0 atom stereocenters. The molecule has 0 spiro atoms. The molecular weight excluding hydrogens is 438 g/mol. The number of allylic oxidation sites excluding steroid dienone is 2. The molecule has 0 N–H and O–H groups in total. The molecule has 0 radical (unpaired) electrons.